The van der Waals surface area contributed by atoms with E-state index in [9.17, 15) is 26.3 Å². The third kappa shape index (κ3) is 10.5. The summed E-state index contributed by atoms with van der Waals surface area (Å²) in [5.41, 5.74) is 2.64. The van der Waals surface area contributed by atoms with Gasteiger partial charge in [0.05, 0.1) is 22.5 Å². The summed E-state index contributed by atoms with van der Waals surface area (Å²) in [6.07, 6.45) is -0.384. The van der Waals surface area contributed by atoms with Crippen molar-refractivity contribution >= 4 is 0 Å². The predicted molar refractivity (Wildman–Crippen MR) is 194 cm³/mol. The zero-order valence-electron chi connectivity index (χ0n) is 30.9. The van der Waals surface area contributed by atoms with Crippen LogP contribution in [0.15, 0.2) is 73.1 Å². The second-order valence-corrected chi connectivity index (χ2v) is 13.1. The number of benzene rings is 2. The SMILES string of the molecule is CCC.Cc1cccc(C(F)(F)F)c1-c1ccc(CN2CCCC2C2CCCN2Cc2ccc(-c3c(C)cccc3C(F)(F)F)cn2)nc1.[CH3-].[CH3-].[Fe+4]. The molecule has 2 saturated heterocycles. The minimum absolute atomic E-state index is 0. The van der Waals surface area contributed by atoms with E-state index in [-0.39, 0.29) is 43.0 Å². The third-order valence-corrected chi connectivity index (χ3v) is 9.39. The van der Waals surface area contributed by atoms with Crippen molar-refractivity contribution in [2.45, 2.75) is 97.3 Å². The van der Waals surface area contributed by atoms with Gasteiger partial charge in [0, 0.05) is 48.7 Å². The predicted octanol–water partition coefficient (Wildman–Crippen LogP) is 11.4. The summed E-state index contributed by atoms with van der Waals surface area (Å²) in [4.78, 5) is 14.0. The first-order valence-corrected chi connectivity index (χ1v) is 17.0. The third-order valence-electron chi connectivity index (χ3n) is 9.39. The van der Waals surface area contributed by atoms with Crippen LogP contribution < -0.4 is 0 Å². The van der Waals surface area contributed by atoms with Crippen molar-refractivity contribution in [2.75, 3.05) is 13.1 Å². The molecule has 6 rings (SSSR count). The van der Waals surface area contributed by atoms with Gasteiger partial charge in [-0.05, 0) is 99.1 Å². The molecule has 52 heavy (non-hydrogen) atoms. The Bertz CT molecular complexity index is 1570. The number of pyridine rings is 2. The van der Waals surface area contributed by atoms with Gasteiger partial charge in [-0.15, -0.1) is 0 Å². The Morgan fingerprint density at radius 2 is 0.981 bits per heavy atom. The van der Waals surface area contributed by atoms with Crippen molar-refractivity contribution in [1.82, 2.24) is 19.8 Å². The van der Waals surface area contributed by atoms with Crippen molar-refractivity contribution in [3.05, 3.63) is 122 Å². The molecular weight excluding hydrogens is 718 g/mol. The average Bonchev–Trinajstić information content (AvgIpc) is 3.70. The van der Waals surface area contributed by atoms with Crippen LogP contribution in [-0.2, 0) is 42.5 Å². The Morgan fingerprint density at radius 3 is 1.29 bits per heavy atom. The Labute approximate surface area is 316 Å². The van der Waals surface area contributed by atoms with Gasteiger partial charge in [0.1, 0.15) is 0 Å². The fraction of sp³-hybridized carbons (Fsp3) is 0.415. The Hall–Kier alpha value is -3.24. The summed E-state index contributed by atoms with van der Waals surface area (Å²) in [6.45, 7) is 10.7. The Kier molecular flexibility index (Phi) is 16.6. The second-order valence-electron chi connectivity index (χ2n) is 13.1. The van der Waals surface area contributed by atoms with Gasteiger partial charge in [-0.25, -0.2) is 0 Å². The summed E-state index contributed by atoms with van der Waals surface area (Å²) in [7, 11) is 0. The number of likely N-dealkylation sites (tertiary alicyclic amines) is 2. The van der Waals surface area contributed by atoms with E-state index < -0.39 is 23.5 Å². The molecule has 0 amide bonds. The Balaban J connectivity index is 0.00000151. The van der Waals surface area contributed by atoms with E-state index in [4.69, 9.17) is 0 Å². The molecule has 2 aliphatic heterocycles. The van der Waals surface area contributed by atoms with Gasteiger partial charge in [0.15, 0.2) is 0 Å². The van der Waals surface area contributed by atoms with Crippen LogP contribution in [0.25, 0.3) is 22.3 Å². The van der Waals surface area contributed by atoms with E-state index in [0.717, 1.165) is 62.3 Å². The monoisotopic (exact) mass is 768 g/mol. The number of aryl methyl sites for hydroxylation is 2. The molecule has 282 valence electrons. The van der Waals surface area contributed by atoms with Crippen LogP contribution in [0, 0.1) is 28.7 Å². The van der Waals surface area contributed by atoms with Gasteiger partial charge in [-0.1, -0.05) is 56.7 Å². The number of rotatable bonds is 7. The fourth-order valence-electron chi connectivity index (χ4n) is 7.29. The molecule has 2 fully saturated rings. The maximum atomic E-state index is 13.7. The van der Waals surface area contributed by atoms with Gasteiger partial charge >= 0.3 is 29.4 Å². The van der Waals surface area contributed by atoms with E-state index in [0.29, 0.717) is 47.4 Å². The number of nitrogens with zero attached hydrogens (tertiary/aromatic N) is 4. The van der Waals surface area contributed by atoms with Crippen molar-refractivity contribution in [3.63, 3.8) is 0 Å². The number of alkyl halides is 6. The number of aromatic nitrogens is 2. The fourth-order valence-corrected chi connectivity index (χ4v) is 7.29. The maximum Gasteiger partial charge on any atom is 4.00 e. The van der Waals surface area contributed by atoms with Crippen molar-refractivity contribution in [2.24, 2.45) is 0 Å². The van der Waals surface area contributed by atoms with E-state index >= 15 is 0 Å². The van der Waals surface area contributed by atoms with Gasteiger partial charge in [-0.3, -0.25) is 19.8 Å². The van der Waals surface area contributed by atoms with Crippen molar-refractivity contribution in [3.8, 4) is 22.3 Å². The molecule has 0 N–H and O–H groups in total. The molecule has 2 aromatic heterocycles. The second kappa shape index (κ2) is 19.2. The molecule has 2 aromatic carbocycles. The van der Waals surface area contributed by atoms with Crippen LogP contribution >= 0.6 is 0 Å². The molecule has 0 bridgehead atoms. The first-order valence-electron chi connectivity index (χ1n) is 17.0. The van der Waals surface area contributed by atoms with Crippen LogP contribution in [0.4, 0.5) is 26.3 Å². The van der Waals surface area contributed by atoms with E-state index in [1.165, 1.54) is 18.6 Å². The molecule has 4 nitrogen and oxygen atoms in total. The van der Waals surface area contributed by atoms with Gasteiger partial charge < -0.3 is 14.9 Å². The van der Waals surface area contributed by atoms with Crippen LogP contribution in [0.3, 0.4) is 0 Å². The van der Waals surface area contributed by atoms with E-state index in [1.807, 2.05) is 12.1 Å². The first kappa shape index (κ1) is 44.9. The number of halogens is 6. The standard InChI is InChI=1S/C36H36F6N4.C3H8.2CH3.Fe/c1-23-7-3-9-29(35(37,38)39)33(23)25-13-15-27(43-19-25)21-45-17-5-11-31(45)32-12-6-18-46(32)22-28-16-14-26(20-44-28)34-24(2)8-4-10-30(34)36(40,41)42;1-3-2;;;/h3-4,7-10,13-16,19-20,31-32H,5-6,11-12,17-18,21-22H2,1-2H3;3H2,1-2H3;2*1H3;/q;;2*-1;+4. The largest absolute Gasteiger partial charge is 4.00 e. The molecule has 4 heterocycles. The summed E-state index contributed by atoms with van der Waals surface area (Å²) in [6, 6.07) is 16.1. The molecular formula is C41H50F6FeN4+2. The molecule has 0 radical (unpaired) electrons. The van der Waals surface area contributed by atoms with Gasteiger partial charge in [0.25, 0.3) is 0 Å². The van der Waals surface area contributed by atoms with Gasteiger partial charge in [-0.2, -0.15) is 26.3 Å². The molecule has 0 spiro atoms. The minimum Gasteiger partial charge on any atom is -0.358 e. The first-order chi connectivity index (χ1) is 23.3. The summed E-state index contributed by atoms with van der Waals surface area (Å²) in [5, 5.41) is 0. The van der Waals surface area contributed by atoms with Crippen LogP contribution in [0.2, 0.25) is 0 Å². The molecule has 2 aliphatic rings. The zero-order chi connectivity index (χ0) is 35.3. The molecule has 2 unspecified atom stereocenters. The van der Waals surface area contributed by atoms with Crippen molar-refractivity contribution in [1.29, 1.82) is 0 Å². The Morgan fingerprint density at radius 1 is 0.615 bits per heavy atom. The van der Waals surface area contributed by atoms with E-state index in [1.54, 1.807) is 50.5 Å². The normalized spacial score (nSPS) is 17.7. The quantitative estimate of drug-likeness (QED) is 0.106. The topological polar surface area (TPSA) is 32.3 Å². The summed E-state index contributed by atoms with van der Waals surface area (Å²) < 4.78 is 82.2. The molecule has 0 aliphatic carbocycles. The maximum absolute atomic E-state index is 13.7. The zero-order valence-corrected chi connectivity index (χ0v) is 32.0. The molecule has 2 atom stereocenters. The van der Waals surface area contributed by atoms with Crippen LogP contribution in [0.1, 0.15) is 79.6 Å². The van der Waals surface area contributed by atoms with Gasteiger partial charge in [0.2, 0.25) is 0 Å². The van der Waals surface area contributed by atoms with E-state index in [2.05, 4.69) is 33.6 Å². The summed E-state index contributed by atoms with van der Waals surface area (Å²) >= 11 is 0. The van der Waals surface area contributed by atoms with Crippen molar-refractivity contribution < 1.29 is 43.4 Å². The number of hydrogen-bond donors (Lipinski definition) is 0. The number of hydrogen-bond acceptors (Lipinski definition) is 4. The smallest absolute Gasteiger partial charge is 0.358 e. The summed E-state index contributed by atoms with van der Waals surface area (Å²) in [5.74, 6) is 0. The minimum atomic E-state index is -4.45. The van der Waals surface area contributed by atoms with Crippen LogP contribution in [0.5, 0.6) is 0 Å². The van der Waals surface area contributed by atoms with Crippen LogP contribution in [-0.4, -0.2) is 44.9 Å². The molecule has 11 heteroatoms. The molecule has 0 saturated carbocycles. The molecule has 4 aromatic rings. The average molecular weight is 769 g/mol.